The first-order valence-electron chi connectivity index (χ1n) is 8.88. The summed E-state index contributed by atoms with van der Waals surface area (Å²) in [7, 11) is 0. The van der Waals surface area contributed by atoms with Crippen molar-refractivity contribution in [2.45, 2.75) is 6.92 Å². The maximum absolute atomic E-state index is 12.8. The van der Waals surface area contributed by atoms with Gasteiger partial charge in [0.05, 0.1) is 28.7 Å². The predicted octanol–water partition coefficient (Wildman–Crippen LogP) is 2.59. The highest BCUT2D eigenvalue weighted by Gasteiger charge is 2.19. The summed E-state index contributed by atoms with van der Waals surface area (Å²) in [6.07, 6.45) is 3.36. The van der Waals surface area contributed by atoms with Crippen LogP contribution in [0.25, 0.3) is 39.1 Å². The molecule has 29 heavy (non-hydrogen) atoms. The fraction of sp³-hybridized carbons (Fsp3) is 0.0500. The Morgan fingerprint density at radius 2 is 2.03 bits per heavy atom. The normalized spacial score (nSPS) is 11.2. The quantitative estimate of drug-likeness (QED) is 0.441. The summed E-state index contributed by atoms with van der Waals surface area (Å²) < 4.78 is 1.30. The number of fused-ring (bicyclic) bond motifs is 2. The van der Waals surface area contributed by atoms with Crippen LogP contribution in [-0.4, -0.2) is 35.7 Å². The van der Waals surface area contributed by atoms with Crippen LogP contribution in [0.2, 0.25) is 0 Å². The van der Waals surface area contributed by atoms with E-state index in [1.165, 1.54) is 17.5 Å². The van der Waals surface area contributed by atoms with E-state index >= 15 is 0 Å². The Balaban J connectivity index is 1.78. The smallest absolute Gasteiger partial charge is 0.273 e. The van der Waals surface area contributed by atoms with Gasteiger partial charge < -0.3 is 5.32 Å². The topological polar surface area (TPSA) is 121 Å². The van der Waals surface area contributed by atoms with Crippen LogP contribution in [0.5, 0.6) is 0 Å². The number of hydrogen-bond acceptors (Lipinski definition) is 5. The average molecular weight is 385 g/mol. The standard InChI is InChI=1S/C20H15N7O2/c1-11(28)23-19-18(15-4-2-3-7-21-15)20-24-16(9-17(29)27(20)26-19)12-5-6-14-13(8-12)10-22-25-14/h2-10,26H,1H3,(H,22,25)(H,23,28). The monoisotopic (exact) mass is 385 g/mol. The predicted molar refractivity (Wildman–Crippen MR) is 108 cm³/mol. The molecule has 5 rings (SSSR count). The molecule has 0 unspecified atom stereocenters. The number of nitrogens with one attached hydrogen (secondary N) is 3. The molecule has 3 N–H and O–H groups in total. The van der Waals surface area contributed by atoms with Gasteiger partial charge in [-0.2, -0.15) is 9.61 Å². The number of H-pyrrole nitrogens is 2. The fourth-order valence-electron chi connectivity index (χ4n) is 3.31. The van der Waals surface area contributed by atoms with Gasteiger partial charge in [0.2, 0.25) is 5.91 Å². The van der Waals surface area contributed by atoms with Crippen molar-refractivity contribution in [2.24, 2.45) is 0 Å². The maximum atomic E-state index is 12.8. The van der Waals surface area contributed by atoms with Gasteiger partial charge in [-0.1, -0.05) is 12.1 Å². The highest BCUT2D eigenvalue weighted by atomic mass is 16.1. The number of carbonyl (C=O) groups is 1. The minimum absolute atomic E-state index is 0.271. The molecule has 0 aliphatic rings. The lowest BCUT2D eigenvalue weighted by Gasteiger charge is -2.04. The zero-order valence-corrected chi connectivity index (χ0v) is 15.3. The largest absolute Gasteiger partial charge is 0.311 e. The SMILES string of the molecule is CC(=O)Nc1[nH]n2c(=O)cc(-c3ccc4[nH]ncc4c3)nc2c1-c1ccccn1. The number of hydrogen-bond donors (Lipinski definition) is 3. The minimum atomic E-state index is -0.300. The van der Waals surface area contributed by atoms with Gasteiger partial charge in [-0.3, -0.25) is 24.8 Å². The second-order valence-corrected chi connectivity index (χ2v) is 6.57. The van der Waals surface area contributed by atoms with Crippen molar-refractivity contribution in [1.29, 1.82) is 0 Å². The van der Waals surface area contributed by atoms with Gasteiger partial charge in [-0.05, 0) is 24.3 Å². The van der Waals surface area contributed by atoms with E-state index in [0.29, 0.717) is 28.4 Å². The van der Waals surface area contributed by atoms with Crippen molar-refractivity contribution in [3.63, 3.8) is 0 Å². The number of anilines is 1. The number of benzene rings is 1. The van der Waals surface area contributed by atoms with E-state index in [9.17, 15) is 9.59 Å². The molecule has 0 aliphatic heterocycles. The Kier molecular flexibility index (Phi) is 3.73. The third kappa shape index (κ3) is 2.85. The number of amides is 1. The van der Waals surface area contributed by atoms with Crippen molar-refractivity contribution in [3.05, 3.63) is 65.2 Å². The molecule has 1 amide bonds. The van der Waals surface area contributed by atoms with Crippen LogP contribution in [-0.2, 0) is 4.79 Å². The van der Waals surface area contributed by atoms with E-state index < -0.39 is 0 Å². The summed E-state index contributed by atoms with van der Waals surface area (Å²) in [5, 5.41) is 13.5. The molecule has 0 saturated heterocycles. The fourth-order valence-corrected chi connectivity index (χ4v) is 3.31. The summed E-state index contributed by atoms with van der Waals surface area (Å²) in [6, 6.07) is 12.6. The van der Waals surface area contributed by atoms with Crippen LogP contribution in [0.4, 0.5) is 5.82 Å². The lowest BCUT2D eigenvalue weighted by atomic mass is 10.1. The maximum Gasteiger partial charge on any atom is 0.273 e. The second-order valence-electron chi connectivity index (χ2n) is 6.57. The van der Waals surface area contributed by atoms with Crippen LogP contribution >= 0.6 is 0 Å². The van der Waals surface area contributed by atoms with Crippen LogP contribution < -0.4 is 10.9 Å². The van der Waals surface area contributed by atoms with E-state index in [4.69, 9.17) is 4.98 Å². The van der Waals surface area contributed by atoms with Gasteiger partial charge in [0.25, 0.3) is 5.56 Å². The van der Waals surface area contributed by atoms with Gasteiger partial charge in [0.15, 0.2) is 5.65 Å². The Morgan fingerprint density at radius 3 is 2.83 bits per heavy atom. The van der Waals surface area contributed by atoms with E-state index in [-0.39, 0.29) is 11.5 Å². The second kappa shape index (κ2) is 6.41. The Morgan fingerprint density at radius 1 is 1.14 bits per heavy atom. The van der Waals surface area contributed by atoms with Gasteiger partial charge in [-0.15, -0.1) is 0 Å². The molecule has 0 saturated carbocycles. The molecule has 142 valence electrons. The zero-order valence-electron chi connectivity index (χ0n) is 15.3. The lowest BCUT2D eigenvalue weighted by Crippen LogP contribution is -2.15. The molecule has 0 bridgehead atoms. The molecule has 0 atom stereocenters. The number of pyridine rings is 1. The lowest BCUT2D eigenvalue weighted by molar-refractivity contribution is -0.114. The molecule has 5 aromatic rings. The molecule has 4 aromatic heterocycles. The number of rotatable bonds is 3. The number of nitrogens with zero attached hydrogens (tertiary/aromatic N) is 4. The molecule has 9 heteroatoms. The number of aromatic nitrogens is 6. The van der Waals surface area contributed by atoms with E-state index in [0.717, 1.165) is 16.5 Å². The molecule has 0 spiro atoms. The molecule has 4 heterocycles. The van der Waals surface area contributed by atoms with Crippen LogP contribution in [0.3, 0.4) is 0 Å². The molecular formula is C20H15N7O2. The van der Waals surface area contributed by atoms with Crippen LogP contribution in [0.1, 0.15) is 6.92 Å². The van der Waals surface area contributed by atoms with Crippen molar-refractivity contribution < 1.29 is 4.79 Å². The van der Waals surface area contributed by atoms with Gasteiger partial charge in [0.1, 0.15) is 5.82 Å². The Labute approximate surface area is 163 Å². The van der Waals surface area contributed by atoms with Crippen molar-refractivity contribution >= 4 is 28.3 Å². The third-order valence-corrected chi connectivity index (χ3v) is 4.57. The molecule has 1 aromatic carbocycles. The number of aromatic amines is 2. The average Bonchev–Trinajstić information content (AvgIpc) is 3.32. The van der Waals surface area contributed by atoms with Crippen molar-refractivity contribution in [2.75, 3.05) is 5.32 Å². The Bertz CT molecular complexity index is 1430. The summed E-state index contributed by atoms with van der Waals surface area (Å²) in [6.45, 7) is 1.40. The first-order chi connectivity index (χ1) is 14.1. The minimum Gasteiger partial charge on any atom is -0.311 e. The molecule has 0 fully saturated rings. The first kappa shape index (κ1) is 16.9. The summed E-state index contributed by atoms with van der Waals surface area (Å²) in [5.41, 5.74) is 3.41. The van der Waals surface area contributed by atoms with Crippen LogP contribution in [0.15, 0.2) is 59.7 Å². The molecule has 0 aliphatic carbocycles. The van der Waals surface area contributed by atoms with E-state index in [2.05, 4.69) is 25.6 Å². The van der Waals surface area contributed by atoms with E-state index in [1.807, 2.05) is 24.3 Å². The highest BCUT2D eigenvalue weighted by molar-refractivity contribution is 5.96. The molecular weight excluding hydrogens is 370 g/mol. The van der Waals surface area contributed by atoms with Gasteiger partial charge >= 0.3 is 0 Å². The first-order valence-corrected chi connectivity index (χ1v) is 8.88. The summed E-state index contributed by atoms with van der Waals surface area (Å²) in [4.78, 5) is 33.6. The summed E-state index contributed by atoms with van der Waals surface area (Å²) >= 11 is 0. The zero-order chi connectivity index (χ0) is 20.0. The summed E-state index contributed by atoms with van der Waals surface area (Å²) in [5.74, 6) is 0.0932. The Hall–Kier alpha value is -4.27. The van der Waals surface area contributed by atoms with Crippen molar-refractivity contribution in [1.82, 2.24) is 29.8 Å². The van der Waals surface area contributed by atoms with Gasteiger partial charge in [-0.25, -0.2) is 4.98 Å². The number of carbonyl (C=O) groups excluding carboxylic acids is 1. The highest BCUT2D eigenvalue weighted by Crippen LogP contribution is 2.30. The molecule has 9 nitrogen and oxygen atoms in total. The van der Waals surface area contributed by atoms with E-state index in [1.54, 1.807) is 24.5 Å². The van der Waals surface area contributed by atoms with Gasteiger partial charge in [0, 0.05) is 30.1 Å². The third-order valence-electron chi connectivity index (χ3n) is 4.57. The van der Waals surface area contributed by atoms with Crippen LogP contribution in [0, 0.1) is 0 Å². The van der Waals surface area contributed by atoms with Crippen molar-refractivity contribution in [3.8, 4) is 22.5 Å². The molecule has 0 radical (unpaired) electrons.